The number of hydrogen-bond donors (Lipinski definition) is 1. The number of amides is 1. The molecule has 1 unspecified atom stereocenters. The van der Waals surface area contributed by atoms with Crippen molar-refractivity contribution in [1.29, 1.82) is 0 Å². The fourth-order valence-electron chi connectivity index (χ4n) is 3.45. The number of nitrogens with zero attached hydrogens (tertiary/aromatic N) is 1. The molecule has 1 saturated heterocycles. The van der Waals surface area contributed by atoms with Crippen LogP contribution in [0.25, 0.3) is 0 Å². The number of nitrogens with one attached hydrogen (secondary N) is 1. The molecule has 1 aliphatic rings. The number of likely N-dealkylation sites (tertiary alicyclic amines) is 1. The highest BCUT2D eigenvalue weighted by Gasteiger charge is 2.31. The Kier molecular flexibility index (Phi) is 5.19. The predicted molar refractivity (Wildman–Crippen MR) is 111 cm³/mol. The molecule has 0 radical (unpaired) electrons. The zero-order valence-corrected chi connectivity index (χ0v) is 16.7. The van der Waals surface area contributed by atoms with E-state index in [1.165, 1.54) is 17.0 Å². The van der Waals surface area contributed by atoms with Crippen LogP contribution >= 0.6 is 11.3 Å². The van der Waals surface area contributed by atoms with Crippen LogP contribution in [0.2, 0.25) is 0 Å². The molecule has 0 bridgehead atoms. The lowest BCUT2D eigenvalue weighted by Crippen LogP contribution is -2.30. The summed E-state index contributed by atoms with van der Waals surface area (Å²) in [6.07, 6.45) is 1.96. The van der Waals surface area contributed by atoms with E-state index in [4.69, 9.17) is 0 Å². The van der Waals surface area contributed by atoms with Crippen molar-refractivity contribution in [1.82, 2.24) is 4.90 Å². The van der Waals surface area contributed by atoms with E-state index in [-0.39, 0.29) is 16.8 Å². The predicted octanol–water partition coefficient (Wildman–Crippen LogP) is 4.53. The van der Waals surface area contributed by atoms with E-state index in [0.717, 1.165) is 19.4 Å². The van der Waals surface area contributed by atoms with Crippen molar-refractivity contribution in [2.45, 2.75) is 23.8 Å². The normalized spacial score (nSPS) is 16.9. The standard InChI is InChI=1S/C21H20N2O3S2/c24-21(23-14-4-8-19(23)20-9-5-15-27-20)16-10-12-17(13-11-16)22-28(25,26)18-6-2-1-3-7-18/h1-3,5-7,9-13,15,19,22H,4,8,14H2. The molecule has 144 valence electrons. The van der Waals surface area contributed by atoms with Crippen LogP contribution in [0.5, 0.6) is 0 Å². The first-order valence-corrected chi connectivity index (χ1v) is 11.4. The van der Waals surface area contributed by atoms with Gasteiger partial charge < -0.3 is 4.90 Å². The highest BCUT2D eigenvalue weighted by atomic mass is 32.2. The van der Waals surface area contributed by atoms with Gasteiger partial charge in [0.2, 0.25) is 0 Å². The van der Waals surface area contributed by atoms with Crippen LogP contribution in [-0.2, 0) is 10.0 Å². The van der Waals surface area contributed by atoms with E-state index in [1.807, 2.05) is 16.3 Å². The average molecular weight is 413 g/mol. The third kappa shape index (κ3) is 3.81. The molecule has 4 rings (SSSR count). The van der Waals surface area contributed by atoms with E-state index in [1.54, 1.807) is 53.8 Å². The summed E-state index contributed by atoms with van der Waals surface area (Å²) in [5, 5.41) is 2.03. The highest BCUT2D eigenvalue weighted by molar-refractivity contribution is 7.92. The number of rotatable bonds is 5. The van der Waals surface area contributed by atoms with E-state index in [2.05, 4.69) is 10.8 Å². The van der Waals surface area contributed by atoms with Gasteiger partial charge in [-0.1, -0.05) is 24.3 Å². The molecule has 3 aromatic rings. The second-order valence-corrected chi connectivity index (χ2v) is 9.33. The van der Waals surface area contributed by atoms with Gasteiger partial charge in [0.25, 0.3) is 15.9 Å². The molecule has 1 N–H and O–H groups in total. The Bertz CT molecular complexity index is 1050. The molecule has 1 amide bonds. The first kappa shape index (κ1) is 18.7. The summed E-state index contributed by atoms with van der Waals surface area (Å²) in [4.78, 5) is 16.3. The van der Waals surface area contributed by atoms with Gasteiger partial charge in [-0.25, -0.2) is 8.42 Å². The molecule has 0 aliphatic carbocycles. The van der Waals surface area contributed by atoms with Crippen molar-refractivity contribution in [3.05, 3.63) is 82.6 Å². The number of benzene rings is 2. The summed E-state index contributed by atoms with van der Waals surface area (Å²) in [6.45, 7) is 0.740. The van der Waals surface area contributed by atoms with Gasteiger partial charge in [-0.15, -0.1) is 11.3 Å². The SMILES string of the molecule is O=C(c1ccc(NS(=O)(=O)c2ccccc2)cc1)N1CCCC1c1cccs1. The van der Waals surface area contributed by atoms with Crippen LogP contribution in [-0.4, -0.2) is 25.8 Å². The minimum Gasteiger partial charge on any atom is -0.331 e. The monoisotopic (exact) mass is 412 g/mol. The van der Waals surface area contributed by atoms with Gasteiger partial charge in [-0.05, 0) is 60.7 Å². The first-order chi connectivity index (χ1) is 13.5. The van der Waals surface area contributed by atoms with Crippen LogP contribution in [0, 0.1) is 0 Å². The lowest BCUT2D eigenvalue weighted by Gasteiger charge is -2.24. The van der Waals surface area contributed by atoms with Crippen LogP contribution in [0.3, 0.4) is 0 Å². The smallest absolute Gasteiger partial charge is 0.261 e. The highest BCUT2D eigenvalue weighted by Crippen LogP contribution is 2.35. The zero-order chi connectivity index (χ0) is 19.6. The molecule has 2 heterocycles. The Morgan fingerprint density at radius 1 is 1.00 bits per heavy atom. The molecule has 7 heteroatoms. The molecule has 1 atom stereocenters. The van der Waals surface area contributed by atoms with Crippen molar-refractivity contribution in [3.63, 3.8) is 0 Å². The maximum Gasteiger partial charge on any atom is 0.261 e. The number of thiophene rings is 1. The van der Waals surface area contributed by atoms with Crippen molar-refractivity contribution < 1.29 is 13.2 Å². The topological polar surface area (TPSA) is 66.5 Å². The van der Waals surface area contributed by atoms with Gasteiger partial charge in [0, 0.05) is 22.7 Å². The molecular formula is C21H20N2O3S2. The van der Waals surface area contributed by atoms with Gasteiger partial charge in [-0.3, -0.25) is 9.52 Å². The van der Waals surface area contributed by atoms with Crippen LogP contribution in [0.1, 0.15) is 34.1 Å². The minimum absolute atomic E-state index is 0.0200. The first-order valence-electron chi connectivity index (χ1n) is 9.07. The average Bonchev–Trinajstić information content (AvgIpc) is 3.40. The number of carbonyl (C=O) groups is 1. The summed E-state index contributed by atoms with van der Waals surface area (Å²) < 4.78 is 27.4. The fourth-order valence-corrected chi connectivity index (χ4v) is 5.40. The molecule has 1 aromatic heterocycles. The molecule has 0 spiro atoms. The lowest BCUT2D eigenvalue weighted by atomic mass is 10.1. The molecule has 1 fully saturated rings. The Morgan fingerprint density at radius 2 is 1.75 bits per heavy atom. The summed E-state index contributed by atoms with van der Waals surface area (Å²) in [5.41, 5.74) is 0.989. The number of anilines is 1. The van der Waals surface area contributed by atoms with Crippen molar-refractivity contribution in [3.8, 4) is 0 Å². The summed E-state index contributed by atoms with van der Waals surface area (Å²) in [6, 6.07) is 19.0. The molecule has 1 aliphatic heterocycles. The van der Waals surface area contributed by atoms with Gasteiger partial charge in [0.05, 0.1) is 10.9 Å². The Hall–Kier alpha value is -2.64. The van der Waals surface area contributed by atoms with E-state index >= 15 is 0 Å². The van der Waals surface area contributed by atoms with Crippen molar-refractivity contribution in [2.75, 3.05) is 11.3 Å². The Morgan fingerprint density at radius 3 is 2.43 bits per heavy atom. The number of carbonyl (C=O) groups excluding carboxylic acids is 1. The molecule has 2 aromatic carbocycles. The third-order valence-electron chi connectivity index (χ3n) is 4.82. The lowest BCUT2D eigenvalue weighted by molar-refractivity contribution is 0.0738. The number of hydrogen-bond acceptors (Lipinski definition) is 4. The molecule has 5 nitrogen and oxygen atoms in total. The Balaban J connectivity index is 1.49. The summed E-state index contributed by atoms with van der Waals surface area (Å²) in [7, 11) is -3.64. The second kappa shape index (κ2) is 7.77. The quantitative estimate of drug-likeness (QED) is 0.670. The third-order valence-corrected chi connectivity index (χ3v) is 7.19. The van der Waals surface area contributed by atoms with Gasteiger partial charge in [0.15, 0.2) is 0 Å². The fraction of sp³-hybridized carbons (Fsp3) is 0.190. The number of sulfonamides is 1. The van der Waals surface area contributed by atoms with Crippen LogP contribution in [0.15, 0.2) is 77.0 Å². The zero-order valence-electron chi connectivity index (χ0n) is 15.1. The van der Waals surface area contributed by atoms with E-state index < -0.39 is 10.0 Å². The van der Waals surface area contributed by atoms with Gasteiger partial charge in [-0.2, -0.15) is 0 Å². The van der Waals surface area contributed by atoms with E-state index in [0.29, 0.717) is 11.3 Å². The van der Waals surface area contributed by atoms with Crippen molar-refractivity contribution >= 4 is 33.0 Å². The maximum absolute atomic E-state index is 13.0. The van der Waals surface area contributed by atoms with Crippen molar-refractivity contribution in [2.24, 2.45) is 0 Å². The van der Waals surface area contributed by atoms with Gasteiger partial charge in [0.1, 0.15) is 0 Å². The van der Waals surface area contributed by atoms with E-state index in [9.17, 15) is 13.2 Å². The molecular weight excluding hydrogens is 392 g/mol. The molecule has 28 heavy (non-hydrogen) atoms. The summed E-state index contributed by atoms with van der Waals surface area (Å²) in [5.74, 6) is -0.0200. The van der Waals surface area contributed by atoms with Crippen LogP contribution in [0.4, 0.5) is 5.69 Å². The molecule has 0 saturated carbocycles. The maximum atomic E-state index is 13.0. The Labute approximate surface area is 168 Å². The minimum atomic E-state index is -3.64. The van der Waals surface area contributed by atoms with Crippen LogP contribution < -0.4 is 4.72 Å². The largest absolute Gasteiger partial charge is 0.331 e. The van der Waals surface area contributed by atoms with Gasteiger partial charge >= 0.3 is 0 Å². The second-order valence-electron chi connectivity index (χ2n) is 6.67. The summed E-state index contributed by atoms with van der Waals surface area (Å²) >= 11 is 1.67.